The number of hydrogen-bond donors (Lipinski definition) is 2. The van der Waals surface area contributed by atoms with Gasteiger partial charge in [-0.2, -0.15) is 0 Å². The maximum Gasteiger partial charge on any atom is 0.245 e. The fraction of sp³-hybridized carbons (Fsp3) is 0.438. The summed E-state index contributed by atoms with van der Waals surface area (Å²) in [5, 5.41) is 12.3. The standard InChI is InChI=1S/C16H19N5O3S/c17-10-3-4-12-11(8-10)21(5-7-24-12)9-14(22)18-16-20-19-15(25-16)13-2-1-6-23-13/h3-4,8,13H,1-2,5-7,9,17H2,(H,18,20,22). The maximum atomic E-state index is 12.4. The molecule has 2 aliphatic rings. The molecular weight excluding hydrogens is 342 g/mol. The molecule has 3 N–H and O–H groups in total. The van der Waals surface area contributed by atoms with Crippen LogP contribution in [-0.2, 0) is 9.53 Å². The van der Waals surface area contributed by atoms with E-state index in [0.29, 0.717) is 24.0 Å². The van der Waals surface area contributed by atoms with Gasteiger partial charge in [0, 0.05) is 12.3 Å². The zero-order chi connectivity index (χ0) is 17.2. The third kappa shape index (κ3) is 3.52. The predicted octanol–water partition coefficient (Wildman–Crippen LogP) is 1.81. The Hall–Kier alpha value is -2.39. The molecule has 1 atom stereocenters. The number of carbonyl (C=O) groups excluding carboxylic acids is 1. The molecule has 2 aliphatic heterocycles. The molecule has 0 radical (unpaired) electrons. The van der Waals surface area contributed by atoms with Gasteiger partial charge in [-0.05, 0) is 31.0 Å². The minimum Gasteiger partial charge on any atom is -0.490 e. The summed E-state index contributed by atoms with van der Waals surface area (Å²) in [5.74, 6) is 0.593. The minimum absolute atomic E-state index is 0.0113. The second kappa shape index (κ2) is 6.85. The number of rotatable bonds is 4. The van der Waals surface area contributed by atoms with Gasteiger partial charge >= 0.3 is 0 Å². The molecule has 0 bridgehead atoms. The number of ether oxygens (including phenoxy) is 2. The highest BCUT2D eigenvalue weighted by Gasteiger charge is 2.24. The number of nitrogens with two attached hydrogens (primary N) is 1. The summed E-state index contributed by atoms with van der Waals surface area (Å²) >= 11 is 1.37. The molecule has 0 saturated carbocycles. The van der Waals surface area contributed by atoms with Gasteiger partial charge in [-0.3, -0.25) is 10.1 Å². The van der Waals surface area contributed by atoms with Crippen LogP contribution < -0.4 is 20.7 Å². The first-order valence-electron chi connectivity index (χ1n) is 8.21. The summed E-state index contributed by atoms with van der Waals surface area (Å²) in [5.41, 5.74) is 7.32. The molecular formula is C16H19N5O3S. The summed E-state index contributed by atoms with van der Waals surface area (Å²) < 4.78 is 11.2. The van der Waals surface area contributed by atoms with Crippen molar-refractivity contribution in [2.75, 3.05) is 42.3 Å². The van der Waals surface area contributed by atoms with Crippen LogP contribution in [0.5, 0.6) is 5.75 Å². The second-order valence-corrected chi connectivity index (χ2v) is 7.00. The Bertz CT molecular complexity index is 775. The Kier molecular flexibility index (Phi) is 4.41. The monoisotopic (exact) mass is 361 g/mol. The number of carbonyl (C=O) groups is 1. The normalized spacial score (nSPS) is 19.4. The van der Waals surface area contributed by atoms with E-state index in [0.717, 1.165) is 35.9 Å². The highest BCUT2D eigenvalue weighted by molar-refractivity contribution is 7.15. The molecule has 0 spiro atoms. The first kappa shape index (κ1) is 16.1. The summed E-state index contributed by atoms with van der Waals surface area (Å²) in [6, 6.07) is 5.44. The van der Waals surface area contributed by atoms with Gasteiger partial charge in [0.05, 0.1) is 18.8 Å². The summed E-state index contributed by atoms with van der Waals surface area (Å²) in [7, 11) is 0. The number of nitrogen functional groups attached to an aromatic ring is 1. The van der Waals surface area contributed by atoms with Gasteiger partial charge in [0.1, 0.15) is 23.5 Å². The van der Waals surface area contributed by atoms with Crippen molar-refractivity contribution in [3.8, 4) is 5.75 Å². The Morgan fingerprint density at radius 2 is 2.32 bits per heavy atom. The van der Waals surface area contributed by atoms with Gasteiger partial charge in [0.25, 0.3) is 0 Å². The van der Waals surface area contributed by atoms with E-state index in [1.54, 1.807) is 6.07 Å². The fourth-order valence-electron chi connectivity index (χ4n) is 2.97. The molecule has 1 amide bonds. The van der Waals surface area contributed by atoms with Crippen molar-refractivity contribution >= 4 is 33.8 Å². The molecule has 0 aliphatic carbocycles. The third-order valence-corrected chi connectivity index (χ3v) is 5.10. The van der Waals surface area contributed by atoms with Crippen molar-refractivity contribution < 1.29 is 14.3 Å². The highest BCUT2D eigenvalue weighted by Crippen LogP contribution is 2.34. The average Bonchev–Trinajstić information content (AvgIpc) is 3.26. The van der Waals surface area contributed by atoms with Gasteiger partial charge < -0.3 is 20.1 Å². The van der Waals surface area contributed by atoms with Crippen LogP contribution in [0.15, 0.2) is 18.2 Å². The van der Waals surface area contributed by atoms with Crippen molar-refractivity contribution in [3.63, 3.8) is 0 Å². The van der Waals surface area contributed by atoms with E-state index in [1.165, 1.54) is 11.3 Å². The van der Waals surface area contributed by atoms with Crippen LogP contribution in [0.3, 0.4) is 0 Å². The molecule has 25 heavy (non-hydrogen) atoms. The summed E-state index contributed by atoms with van der Waals surface area (Å²) in [6.45, 7) is 2.12. The molecule has 4 rings (SSSR count). The molecule has 1 unspecified atom stereocenters. The lowest BCUT2D eigenvalue weighted by Gasteiger charge is -2.30. The first-order chi connectivity index (χ1) is 12.2. The number of benzene rings is 1. The lowest BCUT2D eigenvalue weighted by Crippen LogP contribution is -2.38. The lowest BCUT2D eigenvalue weighted by atomic mass is 10.2. The van der Waals surface area contributed by atoms with Crippen molar-refractivity contribution in [1.82, 2.24) is 10.2 Å². The number of amides is 1. The maximum absolute atomic E-state index is 12.4. The van der Waals surface area contributed by atoms with E-state index in [4.69, 9.17) is 15.2 Å². The van der Waals surface area contributed by atoms with Gasteiger partial charge in [-0.15, -0.1) is 10.2 Å². The van der Waals surface area contributed by atoms with Crippen LogP contribution in [0.25, 0.3) is 0 Å². The van der Waals surface area contributed by atoms with Crippen LogP contribution in [0, 0.1) is 0 Å². The number of aromatic nitrogens is 2. The number of anilines is 3. The topological polar surface area (TPSA) is 103 Å². The van der Waals surface area contributed by atoms with E-state index in [2.05, 4.69) is 15.5 Å². The number of hydrogen-bond acceptors (Lipinski definition) is 8. The molecule has 8 nitrogen and oxygen atoms in total. The van der Waals surface area contributed by atoms with Gasteiger partial charge in [-0.25, -0.2) is 0 Å². The molecule has 3 heterocycles. The average molecular weight is 361 g/mol. The van der Waals surface area contributed by atoms with Gasteiger partial charge in [0.2, 0.25) is 11.0 Å². The van der Waals surface area contributed by atoms with Crippen LogP contribution in [0.2, 0.25) is 0 Å². The van der Waals surface area contributed by atoms with E-state index in [1.807, 2.05) is 17.0 Å². The number of nitrogens with zero attached hydrogens (tertiary/aromatic N) is 3. The molecule has 1 aromatic carbocycles. The Labute approximate surface area is 148 Å². The molecule has 1 saturated heterocycles. The quantitative estimate of drug-likeness (QED) is 0.801. The Morgan fingerprint density at radius 3 is 3.16 bits per heavy atom. The van der Waals surface area contributed by atoms with E-state index in [9.17, 15) is 4.79 Å². The SMILES string of the molecule is Nc1ccc2c(c1)N(CC(=O)Nc1nnc(C3CCCO3)s1)CCO2. The summed E-state index contributed by atoms with van der Waals surface area (Å²) in [6.07, 6.45) is 2.00. The van der Waals surface area contributed by atoms with Crippen LogP contribution in [0.4, 0.5) is 16.5 Å². The van der Waals surface area contributed by atoms with Crippen molar-refractivity contribution in [2.24, 2.45) is 0 Å². The molecule has 1 fully saturated rings. The zero-order valence-corrected chi connectivity index (χ0v) is 14.4. The largest absolute Gasteiger partial charge is 0.490 e. The van der Waals surface area contributed by atoms with Crippen LogP contribution >= 0.6 is 11.3 Å². The highest BCUT2D eigenvalue weighted by atomic mass is 32.1. The molecule has 1 aromatic heterocycles. The molecule has 9 heteroatoms. The molecule has 132 valence electrons. The van der Waals surface area contributed by atoms with Gasteiger partial charge in [-0.1, -0.05) is 11.3 Å². The van der Waals surface area contributed by atoms with E-state index >= 15 is 0 Å². The smallest absolute Gasteiger partial charge is 0.245 e. The second-order valence-electron chi connectivity index (χ2n) is 5.99. The van der Waals surface area contributed by atoms with Gasteiger partial charge in [0.15, 0.2) is 0 Å². The van der Waals surface area contributed by atoms with Crippen LogP contribution in [-0.4, -0.2) is 42.4 Å². The third-order valence-electron chi connectivity index (χ3n) is 4.17. The zero-order valence-electron chi connectivity index (χ0n) is 13.6. The van der Waals surface area contributed by atoms with E-state index < -0.39 is 0 Å². The number of nitrogens with one attached hydrogen (secondary N) is 1. The lowest BCUT2D eigenvalue weighted by molar-refractivity contribution is -0.115. The van der Waals surface area contributed by atoms with Crippen molar-refractivity contribution in [1.29, 1.82) is 0 Å². The van der Waals surface area contributed by atoms with Crippen molar-refractivity contribution in [2.45, 2.75) is 18.9 Å². The van der Waals surface area contributed by atoms with E-state index in [-0.39, 0.29) is 18.6 Å². The number of fused-ring (bicyclic) bond motifs is 1. The minimum atomic E-state index is -0.148. The Morgan fingerprint density at radius 1 is 1.40 bits per heavy atom. The van der Waals surface area contributed by atoms with Crippen molar-refractivity contribution in [3.05, 3.63) is 23.2 Å². The first-order valence-corrected chi connectivity index (χ1v) is 9.03. The predicted molar refractivity (Wildman–Crippen MR) is 95.0 cm³/mol. The van der Waals surface area contributed by atoms with Crippen LogP contribution in [0.1, 0.15) is 24.0 Å². The fourth-order valence-corrected chi connectivity index (χ4v) is 3.82. The molecule has 2 aromatic rings. The Balaban J connectivity index is 1.41. The summed E-state index contributed by atoms with van der Waals surface area (Å²) in [4.78, 5) is 14.3.